The first-order valence-corrected chi connectivity index (χ1v) is 6.67. The molecule has 21 heavy (non-hydrogen) atoms. The molecule has 0 aromatic heterocycles. The average Bonchev–Trinajstić information content (AvgIpc) is 2.43. The number of aliphatic carboxylic acids is 1. The molecule has 0 radical (unpaired) electrons. The van der Waals surface area contributed by atoms with Gasteiger partial charge in [0.1, 0.15) is 6.10 Å². The predicted octanol–water partition coefficient (Wildman–Crippen LogP) is 2.89. The van der Waals surface area contributed by atoms with Crippen LogP contribution in [0, 0.1) is 0 Å². The number of hydrogen-bond donors (Lipinski definition) is 2. The zero-order valence-corrected chi connectivity index (χ0v) is 13.0. The van der Waals surface area contributed by atoms with Crippen LogP contribution < -0.4 is 9.47 Å². The number of carboxylic acid groups (broad SMARTS) is 1. The summed E-state index contributed by atoms with van der Waals surface area (Å²) in [5.41, 5.74) is 1.79. The highest BCUT2D eigenvalue weighted by atomic mass is 16.5. The minimum absolute atomic E-state index is 0.0809. The number of aliphatic hydroxyl groups excluding tert-OH is 1. The third kappa shape index (κ3) is 3.76. The third-order valence-corrected chi connectivity index (χ3v) is 3.27. The fourth-order valence-corrected chi connectivity index (χ4v) is 2.32. The van der Waals surface area contributed by atoms with Gasteiger partial charge in [0.2, 0.25) is 0 Å². The van der Waals surface area contributed by atoms with E-state index in [1.807, 2.05) is 13.8 Å². The lowest BCUT2D eigenvalue weighted by atomic mass is 9.90. The Labute approximate surface area is 124 Å². The molecule has 1 atom stereocenters. The van der Waals surface area contributed by atoms with Crippen LogP contribution in [0.5, 0.6) is 11.5 Å². The van der Waals surface area contributed by atoms with Crippen LogP contribution in [0.1, 0.15) is 43.9 Å². The molecule has 1 aromatic carbocycles. The van der Waals surface area contributed by atoms with Gasteiger partial charge in [-0.25, -0.2) is 4.79 Å². The van der Waals surface area contributed by atoms with Crippen molar-refractivity contribution in [1.29, 1.82) is 0 Å². The highest BCUT2D eigenvalue weighted by molar-refractivity contribution is 5.80. The molecule has 0 bridgehead atoms. The normalized spacial score (nSPS) is 13.2. The molecule has 0 saturated heterocycles. The first-order valence-electron chi connectivity index (χ1n) is 6.67. The van der Waals surface area contributed by atoms with Gasteiger partial charge in [0.25, 0.3) is 0 Å². The predicted molar refractivity (Wildman–Crippen MR) is 80.0 cm³/mol. The van der Waals surface area contributed by atoms with E-state index >= 15 is 0 Å². The molecule has 0 unspecified atom stereocenters. The largest absolute Gasteiger partial charge is 0.493 e. The number of hydrogen-bond acceptors (Lipinski definition) is 4. The molecule has 0 aliphatic rings. The first kappa shape index (κ1) is 17.0. The second-order valence-corrected chi connectivity index (χ2v) is 5.09. The van der Waals surface area contributed by atoms with Crippen molar-refractivity contribution in [2.24, 2.45) is 0 Å². The SMILES string of the molecule is COc1ccc([C@H](O)/C(C)=C/C(=O)O)c(C(C)C)c1OC. The Balaban J connectivity index is 3.46. The molecule has 5 nitrogen and oxygen atoms in total. The Morgan fingerprint density at radius 2 is 1.86 bits per heavy atom. The van der Waals surface area contributed by atoms with Crippen molar-refractivity contribution >= 4 is 5.97 Å². The fourth-order valence-electron chi connectivity index (χ4n) is 2.32. The standard InChI is InChI=1S/C16H22O5/c1-9(2)14-11(15(19)10(3)8-13(17)18)6-7-12(20-4)16(14)21-5/h6-9,15,19H,1-5H3,(H,17,18)/b10-8+/t15-/m1/s1. The number of methoxy groups -OCH3 is 2. The maximum absolute atomic E-state index is 10.8. The molecule has 0 amide bonds. The summed E-state index contributed by atoms with van der Waals surface area (Å²) in [6.07, 6.45) is 0.00387. The molecule has 0 spiro atoms. The number of carbonyl (C=O) groups is 1. The van der Waals surface area contributed by atoms with Gasteiger partial charge in [-0.05, 0) is 30.0 Å². The summed E-state index contributed by atoms with van der Waals surface area (Å²) in [4.78, 5) is 10.8. The van der Waals surface area contributed by atoms with Crippen LogP contribution in [-0.4, -0.2) is 30.4 Å². The summed E-state index contributed by atoms with van der Waals surface area (Å²) in [5.74, 6) is 0.139. The number of carboxylic acids is 1. The van der Waals surface area contributed by atoms with E-state index < -0.39 is 12.1 Å². The summed E-state index contributed by atoms with van der Waals surface area (Å²) in [6.45, 7) is 5.53. The van der Waals surface area contributed by atoms with Crippen LogP contribution in [0.4, 0.5) is 0 Å². The molecular weight excluding hydrogens is 272 g/mol. The van der Waals surface area contributed by atoms with E-state index in [1.54, 1.807) is 33.3 Å². The monoisotopic (exact) mass is 294 g/mol. The van der Waals surface area contributed by atoms with Crippen molar-refractivity contribution in [1.82, 2.24) is 0 Å². The topological polar surface area (TPSA) is 76.0 Å². The molecule has 2 N–H and O–H groups in total. The van der Waals surface area contributed by atoms with Crippen LogP contribution in [-0.2, 0) is 4.79 Å². The van der Waals surface area contributed by atoms with Crippen molar-refractivity contribution in [2.75, 3.05) is 14.2 Å². The molecule has 1 aromatic rings. The summed E-state index contributed by atoms with van der Waals surface area (Å²) in [6, 6.07) is 3.44. The molecule has 0 fully saturated rings. The highest BCUT2D eigenvalue weighted by Gasteiger charge is 2.23. The van der Waals surface area contributed by atoms with Gasteiger partial charge in [0.05, 0.1) is 14.2 Å². The van der Waals surface area contributed by atoms with Crippen LogP contribution in [0.3, 0.4) is 0 Å². The number of ether oxygens (including phenoxy) is 2. The van der Waals surface area contributed by atoms with Gasteiger partial charge in [-0.3, -0.25) is 0 Å². The number of benzene rings is 1. The smallest absolute Gasteiger partial charge is 0.328 e. The molecule has 5 heteroatoms. The Kier molecular flexibility index (Phi) is 5.79. The maximum Gasteiger partial charge on any atom is 0.328 e. The number of aliphatic hydroxyl groups is 1. The van der Waals surface area contributed by atoms with Crippen LogP contribution in [0.25, 0.3) is 0 Å². The van der Waals surface area contributed by atoms with E-state index in [2.05, 4.69) is 0 Å². The molecule has 0 aliphatic carbocycles. The molecule has 1 rings (SSSR count). The lowest BCUT2D eigenvalue weighted by molar-refractivity contribution is -0.131. The van der Waals surface area contributed by atoms with Crippen molar-refractivity contribution in [2.45, 2.75) is 32.8 Å². The fraction of sp³-hybridized carbons (Fsp3) is 0.438. The third-order valence-electron chi connectivity index (χ3n) is 3.27. The van der Waals surface area contributed by atoms with Gasteiger partial charge in [-0.2, -0.15) is 0 Å². The second-order valence-electron chi connectivity index (χ2n) is 5.09. The van der Waals surface area contributed by atoms with Gasteiger partial charge in [0.15, 0.2) is 11.5 Å². The molecule has 0 aliphatic heterocycles. The van der Waals surface area contributed by atoms with E-state index in [-0.39, 0.29) is 5.92 Å². The lowest BCUT2D eigenvalue weighted by Gasteiger charge is -2.22. The van der Waals surface area contributed by atoms with Crippen molar-refractivity contribution in [3.63, 3.8) is 0 Å². The number of rotatable bonds is 6. The highest BCUT2D eigenvalue weighted by Crippen LogP contribution is 2.41. The van der Waals surface area contributed by atoms with E-state index in [1.165, 1.54) is 0 Å². The van der Waals surface area contributed by atoms with E-state index in [0.29, 0.717) is 22.6 Å². The Bertz CT molecular complexity index is 546. The Morgan fingerprint density at radius 3 is 2.29 bits per heavy atom. The van der Waals surface area contributed by atoms with Crippen molar-refractivity contribution in [3.8, 4) is 11.5 Å². The van der Waals surface area contributed by atoms with E-state index in [0.717, 1.165) is 11.6 Å². The Hall–Kier alpha value is -2.01. The average molecular weight is 294 g/mol. The summed E-state index contributed by atoms with van der Waals surface area (Å²) < 4.78 is 10.7. The quantitative estimate of drug-likeness (QED) is 0.789. The first-order chi connectivity index (χ1) is 9.83. The zero-order chi connectivity index (χ0) is 16.2. The minimum Gasteiger partial charge on any atom is -0.493 e. The minimum atomic E-state index is -1.09. The molecule has 116 valence electrons. The zero-order valence-electron chi connectivity index (χ0n) is 13.0. The summed E-state index contributed by atoms with van der Waals surface area (Å²) in [5, 5.41) is 19.2. The van der Waals surface area contributed by atoms with Gasteiger partial charge in [-0.1, -0.05) is 19.9 Å². The molecular formula is C16H22O5. The van der Waals surface area contributed by atoms with Crippen LogP contribution in [0.15, 0.2) is 23.8 Å². The van der Waals surface area contributed by atoms with Crippen LogP contribution >= 0.6 is 0 Å². The maximum atomic E-state index is 10.8. The lowest BCUT2D eigenvalue weighted by Crippen LogP contribution is -2.09. The summed E-state index contributed by atoms with van der Waals surface area (Å²) >= 11 is 0. The van der Waals surface area contributed by atoms with Gasteiger partial charge in [-0.15, -0.1) is 0 Å². The van der Waals surface area contributed by atoms with Gasteiger partial charge < -0.3 is 19.7 Å². The Morgan fingerprint density at radius 1 is 1.24 bits per heavy atom. The van der Waals surface area contributed by atoms with Gasteiger partial charge >= 0.3 is 5.97 Å². The van der Waals surface area contributed by atoms with Crippen LogP contribution in [0.2, 0.25) is 0 Å². The molecule has 0 saturated carbocycles. The second kappa shape index (κ2) is 7.13. The molecule has 0 heterocycles. The van der Waals surface area contributed by atoms with E-state index in [4.69, 9.17) is 14.6 Å². The van der Waals surface area contributed by atoms with Gasteiger partial charge in [0, 0.05) is 11.6 Å². The van der Waals surface area contributed by atoms with Crippen molar-refractivity contribution < 1.29 is 24.5 Å². The van der Waals surface area contributed by atoms with Crippen molar-refractivity contribution in [3.05, 3.63) is 34.9 Å². The van der Waals surface area contributed by atoms with E-state index in [9.17, 15) is 9.90 Å². The summed E-state index contributed by atoms with van der Waals surface area (Å²) in [7, 11) is 3.09.